The molecule has 35 heavy (non-hydrogen) atoms. The van der Waals surface area contributed by atoms with Crippen molar-refractivity contribution in [2.75, 3.05) is 26.4 Å². The van der Waals surface area contributed by atoms with Crippen molar-refractivity contribution in [2.24, 2.45) is 0 Å². The Balaban J connectivity index is 1.34. The molecule has 0 radical (unpaired) electrons. The molecule has 2 saturated heterocycles. The van der Waals surface area contributed by atoms with E-state index in [1.807, 2.05) is 0 Å². The minimum atomic E-state index is -0.340. The summed E-state index contributed by atoms with van der Waals surface area (Å²) in [5, 5.41) is 0. The van der Waals surface area contributed by atoms with E-state index in [0.717, 1.165) is 37.6 Å². The third-order valence-electron chi connectivity index (χ3n) is 7.53. The van der Waals surface area contributed by atoms with Crippen molar-refractivity contribution in [1.29, 1.82) is 0 Å². The highest BCUT2D eigenvalue weighted by atomic mass is 16.6. The summed E-state index contributed by atoms with van der Waals surface area (Å²) >= 11 is 0. The second-order valence-corrected chi connectivity index (χ2v) is 9.72. The van der Waals surface area contributed by atoms with E-state index in [0.29, 0.717) is 13.2 Å². The van der Waals surface area contributed by atoms with Crippen LogP contribution in [0.2, 0.25) is 0 Å². The molecule has 0 spiro atoms. The van der Waals surface area contributed by atoms with E-state index < -0.39 is 0 Å². The van der Waals surface area contributed by atoms with Gasteiger partial charge in [0.1, 0.15) is 31.2 Å². The Morgan fingerprint density at radius 2 is 1.29 bits per heavy atom. The maximum Gasteiger partial charge on any atom is 0.119 e. The number of fused-ring (bicyclic) bond motifs is 3. The van der Waals surface area contributed by atoms with Crippen LogP contribution in [0.4, 0.5) is 0 Å². The lowest BCUT2D eigenvalue weighted by molar-refractivity contribution is 0.174. The summed E-state index contributed by atoms with van der Waals surface area (Å²) in [6.07, 6.45) is 6.81. The zero-order valence-electron chi connectivity index (χ0n) is 19.6. The normalized spacial score (nSPS) is 23.0. The van der Waals surface area contributed by atoms with E-state index >= 15 is 0 Å². The van der Waals surface area contributed by atoms with E-state index in [1.165, 1.54) is 33.4 Å². The van der Waals surface area contributed by atoms with Gasteiger partial charge in [0.15, 0.2) is 0 Å². The van der Waals surface area contributed by atoms with Gasteiger partial charge in [-0.05, 0) is 52.4 Å². The molecule has 4 nitrogen and oxygen atoms in total. The van der Waals surface area contributed by atoms with Gasteiger partial charge in [-0.25, -0.2) is 0 Å². The molecule has 0 bridgehead atoms. The molecule has 7 rings (SSSR count). The maximum absolute atomic E-state index is 6.03. The first kappa shape index (κ1) is 21.0. The third-order valence-corrected chi connectivity index (χ3v) is 7.53. The van der Waals surface area contributed by atoms with Gasteiger partial charge in [-0.3, -0.25) is 0 Å². The lowest BCUT2D eigenvalue weighted by Crippen LogP contribution is -2.30. The fourth-order valence-corrected chi connectivity index (χ4v) is 5.65. The number of hydrogen-bond donors (Lipinski definition) is 0. The monoisotopic (exact) mass is 464 g/mol. The van der Waals surface area contributed by atoms with E-state index in [2.05, 4.69) is 84.9 Å². The minimum absolute atomic E-state index is 0.247. The predicted molar refractivity (Wildman–Crippen MR) is 135 cm³/mol. The summed E-state index contributed by atoms with van der Waals surface area (Å²) in [4.78, 5) is 0. The Hall–Kier alpha value is -3.34. The summed E-state index contributed by atoms with van der Waals surface area (Å²) < 4.78 is 22.6. The second-order valence-electron chi connectivity index (χ2n) is 9.72. The van der Waals surface area contributed by atoms with Crippen LogP contribution < -0.4 is 4.74 Å². The standard InChI is InChI=1S/C31H28O4/c1-3-7-29-27(5-1)28-6-2-4-8-30(28)31(29,21-9-13-23(14-10-21)32-17-25-19-34-25)22-11-15-24(16-12-22)33-18-26-20-35-26/h1-11,13-15,25-26H,12,16-20H2. The van der Waals surface area contributed by atoms with Crippen molar-refractivity contribution in [2.45, 2.75) is 30.5 Å². The van der Waals surface area contributed by atoms with Gasteiger partial charge in [0, 0.05) is 6.42 Å². The first-order valence-electron chi connectivity index (χ1n) is 12.5. The molecule has 2 aliphatic carbocycles. The molecule has 3 aromatic rings. The van der Waals surface area contributed by atoms with Crippen LogP contribution in [-0.2, 0) is 19.6 Å². The quantitative estimate of drug-likeness (QED) is 0.395. The molecule has 176 valence electrons. The van der Waals surface area contributed by atoms with Crippen LogP contribution in [0.1, 0.15) is 29.5 Å². The second kappa shape index (κ2) is 8.40. The zero-order chi connectivity index (χ0) is 23.2. The number of rotatable bonds is 8. The molecular formula is C31H28O4. The van der Waals surface area contributed by atoms with Crippen molar-refractivity contribution in [1.82, 2.24) is 0 Å². The number of epoxide rings is 2. The summed E-state index contributed by atoms with van der Waals surface area (Å²) in [6.45, 7) is 2.88. The SMILES string of the molecule is C1=C(OCC2CO2)CCC(C2(c3ccc(OCC4CO4)cc3)c3ccccc3-c3ccccc32)=C1. The van der Waals surface area contributed by atoms with Crippen molar-refractivity contribution >= 4 is 0 Å². The van der Waals surface area contributed by atoms with Crippen LogP contribution in [0.15, 0.2) is 96.3 Å². The van der Waals surface area contributed by atoms with E-state index in [4.69, 9.17) is 18.9 Å². The van der Waals surface area contributed by atoms with Crippen LogP contribution in [0, 0.1) is 0 Å². The Labute approximate surface area is 205 Å². The number of ether oxygens (including phenoxy) is 4. The zero-order valence-corrected chi connectivity index (χ0v) is 19.6. The van der Waals surface area contributed by atoms with Gasteiger partial charge in [0.25, 0.3) is 0 Å². The van der Waals surface area contributed by atoms with Crippen LogP contribution in [0.25, 0.3) is 11.1 Å². The third kappa shape index (κ3) is 3.69. The molecular weight excluding hydrogens is 436 g/mol. The van der Waals surface area contributed by atoms with Gasteiger partial charge in [-0.2, -0.15) is 0 Å². The van der Waals surface area contributed by atoms with E-state index in [9.17, 15) is 0 Å². The maximum atomic E-state index is 6.03. The number of benzene rings is 3. The van der Waals surface area contributed by atoms with Gasteiger partial charge in [0.2, 0.25) is 0 Å². The Morgan fingerprint density at radius 1 is 0.686 bits per heavy atom. The number of hydrogen-bond acceptors (Lipinski definition) is 4. The summed E-state index contributed by atoms with van der Waals surface area (Å²) in [6, 6.07) is 26.4. The topological polar surface area (TPSA) is 43.5 Å². The first-order chi connectivity index (χ1) is 17.3. The molecule has 2 heterocycles. The van der Waals surface area contributed by atoms with Crippen LogP contribution in [0.3, 0.4) is 0 Å². The molecule has 4 heteroatoms. The highest BCUT2D eigenvalue weighted by Crippen LogP contribution is 2.57. The van der Waals surface area contributed by atoms with Gasteiger partial charge in [-0.1, -0.05) is 72.3 Å². The molecule has 0 saturated carbocycles. The van der Waals surface area contributed by atoms with Crippen molar-refractivity contribution in [3.05, 3.63) is 113 Å². The smallest absolute Gasteiger partial charge is 0.119 e. The van der Waals surface area contributed by atoms with Gasteiger partial charge >= 0.3 is 0 Å². The van der Waals surface area contributed by atoms with Crippen molar-refractivity contribution < 1.29 is 18.9 Å². The predicted octanol–water partition coefficient (Wildman–Crippen LogP) is 5.80. The first-order valence-corrected chi connectivity index (χ1v) is 12.5. The largest absolute Gasteiger partial charge is 0.495 e. The van der Waals surface area contributed by atoms with Gasteiger partial charge in [0.05, 0.1) is 24.4 Å². The fourth-order valence-electron chi connectivity index (χ4n) is 5.65. The Kier molecular flexibility index (Phi) is 5.04. The lowest BCUT2D eigenvalue weighted by atomic mass is 9.65. The minimum Gasteiger partial charge on any atom is -0.495 e. The van der Waals surface area contributed by atoms with Crippen LogP contribution in [-0.4, -0.2) is 38.6 Å². The Morgan fingerprint density at radius 3 is 1.86 bits per heavy atom. The molecule has 0 amide bonds. The van der Waals surface area contributed by atoms with Gasteiger partial charge < -0.3 is 18.9 Å². The van der Waals surface area contributed by atoms with E-state index in [-0.39, 0.29) is 17.6 Å². The van der Waals surface area contributed by atoms with Gasteiger partial charge in [-0.15, -0.1) is 0 Å². The molecule has 0 aromatic heterocycles. The summed E-state index contributed by atoms with van der Waals surface area (Å²) in [7, 11) is 0. The highest BCUT2D eigenvalue weighted by molar-refractivity contribution is 5.86. The van der Waals surface area contributed by atoms with Crippen molar-refractivity contribution in [3.63, 3.8) is 0 Å². The average molecular weight is 465 g/mol. The van der Waals surface area contributed by atoms with Crippen LogP contribution >= 0.6 is 0 Å². The lowest BCUT2D eigenvalue weighted by Gasteiger charge is -2.37. The Bertz CT molecular complexity index is 1270. The summed E-state index contributed by atoms with van der Waals surface area (Å²) in [5.41, 5.74) is 7.63. The van der Waals surface area contributed by atoms with Crippen LogP contribution in [0.5, 0.6) is 5.75 Å². The van der Waals surface area contributed by atoms with E-state index in [1.54, 1.807) is 0 Å². The number of allylic oxidation sites excluding steroid dienone is 4. The summed E-state index contributed by atoms with van der Waals surface area (Å²) in [5.74, 6) is 1.93. The average Bonchev–Trinajstić information content (AvgIpc) is 3.85. The molecule has 2 unspecified atom stereocenters. The fraction of sp³-hybridized carbons (Fsp3) is 0.290. The highest BCUT2D eigenvalue weighted by Gasteiger charge is 2.47. The molecule has 3 aromatic carbocycles. The molecule has 2 fully saturated rings. The molecule has 2 aliphatic heterocycles. The van der Waals surface area contributed by atoms with Crippen molar-refractivity contribution in [3.8, 4) is 16.9 Å². The molecule has 2 atom stereocenters. The molecule has 0 N–H and O–H groups in total. The molecule has 4 aliphatic rings.